The molecule has 1 saturated carbocycles. The van der Waals surface area contributed by atoms with Crippen LogP contribution in [0.2, 0.25) is 0 Å². The van der Waals surface area contributed by atoms with Gasteiger partial charge in [-0.15, -0.1) is 0 Å². The van der Waals surface area contributed by atoms with E-state index in [0.717, 1.165) is 30.4 Å². The molecule has 0 bridgehead atoms. The number of hydrogen-bond donors (Lipinski definition) is 5. The molecule has 35 heavy (non-hydrogen) atoms. The number of carboxylic acid groups (broad SMARTS) is 1. The van der Waals surface area contributed by atoms with Gasteiger partial charge < -0.3 is 31.3 Å². The number of aliphatic carboxylic acids is 1. The molecule has 9 nitrogen and oxygen atoms in total. The highest BCUT2D eigenvalue weighted by molar-refractivity contribution is 5.82. The van der Waals surface area contributed by atoms with E-state index in [1.54, 1.807) is 0 Å². The first-order valence-electron chi connectivity index (χ1n) is 11.8. The Bertz CT molecular complexity index is 921. The predicted molar refractivity (Wildman–Crippen MR) is 131 cm³/mol. The molecule has 6 N–H and O–H groups in total. The lowest BCUT2D eigenvalue weighted by Crippen LogP contribution is -2.46. The van der Waals surface area contributed by atoms with Gasteiger partial charge in [0.2, 0.25) is 0 Å². The minimum Gasteiger partial charge on any atom is -0.480 e. The van der Waals surface area contributed by atoms with Crippen LogP contribution in [0.4, 0.5) is 4.79 Å². The summed E-state index contributed by atoms with van der Waals surface area (Å²) in [7, 11) is 0. The van der Waals surface area contributed by atoms with Gasteiger partial charge in [0.05, 0.1) is 0 Å². The Hall–Kier alpha value is -3.43. The van der Waals surface area contributed by atoms with Gasteiger partial charge in [0.25, 0.3) is 5.91 Å². The van der Waals surface area contributed by atoms with E-state index < -0.39 is 30.3 Å². The molecule has 0 heterocycles. The van der Waals surface area contributed by atoms with E-state index in [2.05, 4.69) is 10.6 Å². The molecule has 0 aromatic heterocycles. The van der Waals surface area contributed by atoms with Crippen molar-refractivity contribution in [3.8, 4) is 0 Å². The second kappa shape index (κ2) is 14.7. The molecular weight excluding hydrogens is 450 g/mol. The Labute approximate surface area is 205 Å². The topological polar surface area (TPSA) is 151 Å². The van der Waals surface area contributed by atoms with Crippen molar-refractivity contribution >= 4 is 18.0 Å². The van der Waals surface area contributed by atoms with Crippen LogP contribution in [-0.4, -0.2) is 52.4 Å². The maximum absolute atomic E-state index is 11.7. The molecule has 0 saturated heterocycles. The van der Waals surface area contributed by atoms with Crippen molar-refractivity contribution in [3.63, 3.8) is 0 Å². The standard InChI is InChI=1S/C17H17NO4.C9H18N2O2/c19-16(20)15(11-13-7-3-1-4-8-13)18-17(21)22-12-14-9-5-2-6-10-14;1-2-3-7(10)8(12)9(13)11-6-4-5-6/h1-10,15H,11-12H2,(H,18,21)(H,19,20);6-8,12H,2-5,10H2,1H3,(H,11,13)/t15-;7-,8-/m00/s1. The van der Waals surface area contributed by atoms with Crippen LogP contribution in [0, 0.1) is 0 Å². The molecule has 2 amide bonds. The molecule has 1 fully saturated rings. The molecule has 0 spiro atoms. The Morgan fingerprint density at radius 3 is 2.11 bits per heavy atom. The van der Waals surface area contributed by atoms with Crippen LogP contribution in [0.3, 0.4) is 0 Å². The van der Waals surface area contributed by atoms with Gasteiger partial charge in [-0.1, -0.05) is 74.0 Å². The van der Waals surface area contributed by atoms with Gasteiger partial charge in [0.1, 0.15) is 18.8 Å². The molecule has 0 aliphatic heterocycles. The summed E-state index contributed by atoms with van der Waals surface area (Å²) < 4.78 is 5.03. The number of carboxylic acids is 1. The molecule has 3 atom stereocenters. The average Bonchev–Trinajstić information content (AvgIpc) is 3.67. The summed E-state index contributed by atoms with van der Waals surface area (Å²) in [6, 6.07) is 17.1. The number of ether oxygens (including phenoxy) is 1. The number of hydrogen-bond acceptors (Lipinski definition) is 6. The minimum atomic E-state index is -1.10. The fraction of sp³-hybridized carbons (Fsp3) is 0.423. The van der Waals surface area contributed by atoms with E-state index in [1.807, 2.05) is 67.6 Å². The van der Waals surface area contributed by atoms with Crippen LogP contribution < -0.4 is 16.4 Å². The zero-order chi connectivity index (χ0) is 25.6. The third kappa shape index (κ3) is 11.0. The third-order valence-electron chi connectivity index (χ3n) is 5.31. The van der Waals surface area contributed by atoms with E-state index in [-0.39, 0.29) is 25.0 Å². The van der Waals surface area contributed by atoms with Gasteiger partial charge >= 0.3 is 12.1 Å². The smallest absolute Gasteiger partial charge is 0.408 e. The lowest BCUT2D eigenvalue weighted by atomic mass is 10.1. The first-order chi connectivity index (χ1) is 16.8. The van der Waals surface area contributed by atoms with Crippen molar-refractivity contribution in [1.82, 2.24) is 10.6 Å². The number of alkyl carbamates (subject to hydrolysis) is 1. The molecule has 9 heteroatoms. The van der Waals surface area contributed by atoms with E-state index in [0.29, 0.717) is 6.42 Å². The van der Waals surface area contributed by atoms with Gasteiger partial charge in [-0.25, -0.2) is 9.59 Å². The summed E-state index contributed by atoms with van der Waals surface area (Å²) in [5.41, 5.74) is 7.29. The van der Waals surface area contributed by atoms with Gasteiger partial charge in [0.15, 0.2) is 0 Å². The zero-order valence-electron chi connectivity index (χ0n) is 19.9. The fourth-order valence-electron chi connectivity index (χ4n) is 3.16. The van der Waals surface area contributed by atoms with Crippen LogP contribution in [0.25, 0.3) is 0 Å². The number of nitrogens with two attached hydrogens (primary N) is 1. The number of carbonyl (C=O) groups excluding carboxylic acids is 2. The van der Waals surface area contributed by atoms with Crippen molar-refractivity contribution < 1.29 is 29.3 Å². The van der Waals surface area contributed by atoms with Crippen LogP contribution in [-0.2, 0) is 27.4 Å². The number of rotatable bonds is 11. The normalized spacial score (nSPS) is 14.9. The summed E-state index contributed by atoms with van der Waals surface area (Å²) in [6.07, 6.45) is 2.04. The van der Waals surface area contributed by atoms with Crippen molar-refractivity contribution in [2.24, 2.45) is 5.73 Å². The maximum atomic E-state index is 11.7. The SMILES string of the molecule is CCC[C@H](N)[C@H](O)C(=O)NC1CC1.O=C(N[C@@H](Cc1ccccc1)C(=O)O)OCc1ccccc1. The van der Waals surface area contributed by atoms with Crippen LogP contribution in [0.15, 0.2) is 60.7 Å². The minimum absolute atomic E-state index is 0.102. The highest BCUT2D eigenvalue weighted by Gasteiger charge is 2.29. The second-order valence-electron chi connectivity index (χ2n) is 8.47. The van der Waals surface area contributed by atoms with E-state index in [9.17, 15) is 24.6 Å². The van der Waals surface area contributed by atoms with Crippen LogP contribution in [0.5, 0.6) is 0 Å². The van der Waals surface area contributed by atoms with Crippen molar-refractivity contribution in [2.45, 2.75) is 69.9 Å². The van der Waals surface area contributed by atoms with Crippen molar-refractivity contribution in [2.75, 3.05) is 0 Å². The lowest BCUT2D eigenvalue weighted by molar-refractivity contribution is -0.139. The maximum Gasteiger partial charge on any atom is 0.408 e. The van der Waals surface area contributed by atoms with Crippen LogP contribution >= 0.6 is 0 Å². The average molecular weight is 486 g/mol. The number of benzene rings is 2. The second-order valence-corrected chi connectivity index (χ2v) is 8.47. The van der Waals surface area contributed by atoms with Gasteiger partial charge in [-0.05, 0) is 30.4 Å². The summed E-state index contributed by atoms with van der Waals surface area (Å²) >= 11 is 0. The van der Waals surface area contributed by atoms with E-state index in [4.69, 9.17) is 10.5 Å². The Balaban J connectivity index is 0.000000283. The lowest BCUT2D eigenvalue weighted by Gasteiger charge is -2.17. The molecule has 190 valence electrons. The first-order valence-corrected chi connectivity index (χ1v) is 11.8. The highest BCUT2D eigenvalue weighted by Crippen LogP contribution is 2.18. The molecule has 2 aromatic rings. The molecule has 2 aromatic carbocycles. The summed E-state index contributed by atoms with van der Waals surface area (Å²) in [5.74, 6) is -1.41. The summed E-state index contributed by atoms with van der Waals surface area (Å²) in [6.45, 7) is 2.08. The zero-order valence-corrected chi connectivity index (χ0v) is 19.9. The molecule has 1 aliphatic carbocycles. The Morgan fingerprint density at radius 2 is 1.60 bits per heavy atom. The first kappa shape index (κ1) is 27.8. The molecular formula is C26H35N3O6. The highest BCUT2D eigenvalue weighted by atomic mass is 16.5. The van der Waals surface area contributed by atoms with E-state index >= 15 is 0 Å². The van der Waals surface area contributed by atoms with Crippen LogP contribution in [0.1, 0.15) is 43.7 Å². The molecule has 0 unspecified atom stereocenters. The molecule has 0 radical (unpaired) electrons. The number of aliphatic hydroxyl groups is 1. The third-order valence-corrected chi connectivity index (χ3v) is 5.31. The predicted octanol–water partition coefficient (Wildman–Crippen LogP) is 2.36. The number of aliphatic hydroxyl groups excluding tert-OH is 1. The largest absolute Gasteiger partial charge is 0.480 e. The number of nitrogens with one attached hydrogen (secondary N) is 2. The quantitative estimate of drug-likeness (QED) is 0.328. The number of amides is 2. The number of carbonyl (C=O) groups is 3. The molecule has 1 aliphatic rings. The summed E-state index contributed by atoms with van der Waals surface area (Å²) in [5, 5.41) is 23.8. The van der Waals surface area contributed by atoms with Gasteiger partial charge in [-0.3, -0.25) is 4.79 Å². The van der Waals surface area contributed by atoms with Gasteiger partial charge in [-0.2, -0.15) is 0 Å². The van der Waals surface area contributed by atoms with Crippen molar-refractivity contribution in [1.29, 1.82) is 0 Å². The Kier molecular flexibility index (Phi) is 11.7. The van der Waals surface area contributed by atoms with E-state index in [1.165, 1.54) is 0 Å². The molecule has 3 rings (SSSR count). The van der Waals surface area contributed by atoms with Crippen molar-refractivity contribution in [3.05, 3.63) is 71.8 Å². The monoisotopic (exact) mass is 485 g/mol. The summed E-state index contributed by atoms with van der Waals surface area (Å²) in [4.78, 5) is 34.2. The fourth-order valence-corrected chi connectivity index (χ4v) is 3.16. The Morgan fingerprint density at radius 1 is 1.03 bits per heavy atom. The van der Waals surface area contributed by atoms with Gasteiger partial charge in [0, 0.05) is 18.5 Å².